The average molecular weight is 326 g/mol. The van der Waals surface area contributed by atoms with Gasteiger partial charge in [0.15, 0.2) is 0 Å². The Balaban J connectivity index is 1.97. The lowest BCUT2D eigenvalue weighted by Crippen LogP contribution is -2.46. The molecule has 122 valence electrons. The van der Waals surface area contributed by atoms with E-state index in [1.165, 1.54) is 4.31 Å². The first-order chi connectivity index (χ1) is 10.4. The Labute approximate surface area is 131 Å². The number of hydrogen-bond acceptors (Lipinski definition) is 4. The Bertz CT molecular complexity index is 622. The third-order valence-electron chi connectivity index (χ3n) is 3.68. The largest absolute Gasteiger partial charge is 0.450 e. The van der Waals surface area contributed by atoms with Gasteiger partial charge in [0, 0.05) is 19.1 Å². The minimum atomic E-state index is -3.46. The second-order valence-electron chi connectivity index (χ2n) is 5.36. The molecule has 22 heavy (non-hydrogen) atoms. The molecule has 0 spiro atoms. The summed E-state index contributed by atoms with van der Waals surface area (Å²) in [5, 5.41) is 2.76. The summed E-state index contributed by atoms with van der Waals surface area (Å²) in [7, 11) is -3.46. The van der Waals surface area contributed by atoms with Crippen LogP contribution in [0.2, 0.25) is 0 Å². The third kappa shape index (κ3) is 3.98. The third-order valence-corrected chi connectivity index (χ3v) is 5.57. The van der Waals surface area contributed by atoms with Crippen LogP contribution in [0, 0.1) is 6.92 Å². The van der Waals surface area contributed by atoms with Gasteiger partial charge < -0.3 is 10.1 Å². The molecule has 0 atom stereocenters. The zero-order valence-corrected chi connectivity index (χ0v) is 13.7. The van der Waals surface area contributed by atoms with E-state index in [1.54, 1.807) is 25.1 Å². The van der Waals surface area contributed by atoms with Crippen molar-refractivity contribution < 1.29 is 17.9 Å². The van der Waals surface area contributed by atoms with Gasteiger partial charge in [0.2, 0.25) is 10.0 Å². The normalized spacial score (nSPS) is 17.2. The van der Waals surface area contributed by atoms with Crippen molar-refractivity contribution >= 4 is 16.1 Å². The fourth-order valence-electron chi connectivity index (χ4n) is 2.50. The van der Waals surface area contributed by atoms with E-state index in [1.807, 2.05) is 13.0 Å². The van der Waals surface area contributed by atoms with Crippen LogP contribution in [0.5, 0.6) is 0 Å². The van der Waals surface area contributed by atoms with E-state index in [4.69, 9.17) is 4.74 Å². The maximum atomic E-state index is 12.6. The molecule has 7 heteroatoms. The summed E-state index contributed by atoms with van der Waals surface area (Å²) in [5.74, 6) is 0. The molecule has 1 saturated heterocycles. The molecule has 1 aliphatic rings. The molecule has 0 aliphatic carbocycles. The smallest absolute Gasteiger partial charge is 0.407 e. The van der Waals surface area contributed by atoms with E-state index in [0.29, 0.717) is 37.4 Å². The molecule has 0 unspecified atom stereocenters. The molecular weight excluding hydrogens is 304 g/mol. The van der Waals surface area contributed by atoms with E-state index < -0.39 is 16.1 Å². The quantitative estimate of drug-likeness (QED) is 0.917. The monoisotopic (exact) mass is 326 g/mol. The number of carbonyl (C=O) groups excluding carboxylic acids is 1. The predicted molar refractivity (Wildman–Crippen MR) is 83.1 cm³/mol. The summed E-state index contributed by atoms with van der Waals surface area (Å²) in [5.41, 5.74) is 0.917. The summed E-state index contributed by atoms with van der Waals surface area (Å²) in [6.07, 6.45) is 0.732. The summed E-state index contributed by atoms with van der Waals surface area (Å²) in [4.78, 5) is 11.7. The van der Waals surface area contributed by atoms with Gasteiger partial charge in [-0.3, -0.25) is 0 Å². The Morgan fingerprint density at radius 3 is 2.64 bits per heavy atom. The highest BCUT2D eigenvalue weighted by atomic mass is 32.2. The number of carbonyl (C=O) groups is 1. The highest BCUT2D eigenvalue weighted by Crippen LogP contribution is 2.21. The molecule has 0 bridgehead atoms. The molecule has 2 rings (SSSR count). The van der Waals surface area contributed by atoms with Crippen molar-refractivity contribution in [2.75, 3.05) is 19.7 Å². The van der Waals surface area contributed by atoms with Crippen molar-refractivity contribution in [3.8, 4) is 0 Å². The van der Waals surface area contributed by atoms with Crippen LogP contribution in [-0.4, -0.2) is 44.6 Å². The van der Waals surface area contributed by atoms with Crippen LogP contribution in [-0.2, 0) is 14.8 Å². The number of sulfonamides is 1. The average Bonchev–Trinajstić information content (AvgIpc) is 2.48. The van der Waals surface area contributed by atoms with Gasteiger partial charge in [-0.1, -0.05) is 12.1 Å². The zero-order valence-electron chi connectivity index (χ0n) is 12.9. The molecule has 1 aromatic rings. The first kappa shape index (κ1) is 16.8. The van der Waals surface area contributed by atoms with E-state index in [0.717, 1.165) is 5.56 Å². The number of alkyl carbamates (subject to hydrolysis) is 1. The Morgan fingerprint density at radius 2 is 2.05 bits per heavy atom. The second-order valence-corrected chi connectivity index (χ2v) is 7.30. The van der Waals surface area contributed by atoms with Gasteiger partial charge in [-0.15, -0.1) is 0 Å². The van der Waals surface area contributed by atoms with Gasteiger partial charge in [0.1, 0.15) is 0 Å². The molecule has 1 heterocycles. The number of aryl methyl sites for hydroxylation is 1. The first-order valence-electron chi connectivity index (χ1n) is 7.43. The van der Waals surface area contributed by atoms with Crippen molar-refractivity contribution in [1.29, 1.82) is 0 Å². The number of nitrogens with zero attached hydrogens (tertiary/aromatic N) is 1. The van der Waals surface area contributed by atoms with E-state index in [-0.39, 0.29) is 6.04 Å². The lowest BCUT2D eigenvalue weighted by molar-refractivity contribution is 0.143. The summed E-state index contributed by atoms with van der Waals surface area (Å²) in [6, 6.07) is 6.87. The van der Waals surface area contributed by atoms with Crippen molar-refractivity contribution in [3.63, 3.8) is 0 Å². The van der Waals surface area contributed by atoms with E-state index in [9.17, 15) is 13.2 Å². The van der Waals surface area contributed by atoms with Gasteiger partial charge >= 0.3 is 6.09 Å². The number of nitrogens with one attached hydrogen (secondary N) is 1. The topological polar surface area (TPSA) is 75.7 Å². The van der Waals surface area contributed by atoms with Gasteiger partial charge in [-0.2, -0.15) is 4.31 Å². The van der Waals surface area contributed by atoms with E-state index in [2.05, 4.69) is 5.32 Å². The second kappa shape index (κ2) is 7.11. The zero-order chi connectivity index (χ0) is 16.2. The minimum Gasteiger partial charge on any atom is -0.450 e. The molecule has 0 saturated carbocycles. The number of rotatable bonds is 4. The number of amides is 1. The van der Waals surface area contributed by atoms with Crippen molar-refractivity contribution in [2.24, 2.45) is 0 Å². The Hall–Kier alpha value is -1.60. The van der Waals surface area contributed by atoms with Crippen LogP contribution in [0.1, 0.15) is 25.3 Å². The lowest BCUT2D eigenvalue weighted by atomic mass is 10.1. The molecule has 6 nitrogen and oxygen atoms in total. The summed E-state index contributed by atoms with van der Waals surface area (Å²) in [6.45, 7) is 4.73. The number of ether oxygens (including phenoxy) is 1. The SMILES string of the molecule is CCOC(=O)NC1CCN(S(=O)(=O)c2cccc(C)c2)CC1. The van der Waals surface area contributed by atoms with Crippen LogP contribution in [0.4, 0.5) is 4.79 Å². The van der Waals surface area contributed by atoms with Gasteiger partial charge in [0.05, 0.1) is 11.5 Å². The maximum Gasteiger partial charge on any atom is 0.407 e. The van der Waals surface area contributed by atoms with Crippen molar-refractivity contribution in [1.82, 2.24) is 9.62 Å². The standard InChI is InChI=1S/C15H22N2O4S/c1-3-21-15(18)16-13-7-9-17(10-8-13)22(19,20)14-6-4-5-12(2)11-14/h4-6,11,13H,3,7-10H2,1-2H3,(H,16,18). The Morgan fingerprint density at radius 1 is 1.36 bits per heavy atom. The molecule has 0 radical (unpaired) electrons. The lowest BCUT2D eigenvalue weighted by Gasteiger charge is -2.31. The molecular formula is C15H22N2O4S. The van der Waals surface area contributed by atoms with Crippen molar-refractivity contribution in [3.05, 3.63) is 29.8 Å². The molecule has 1 fully saturated rings. The van der Waals surface area contributed by atoms with Gasteiger partial charge in [0.25, 0.3) is 0 Å². The maximum absolute atomic E-state index is 12.6. The Kier molecular flexibility index (Phi) is 5.42. The van der Waals surface area contributed by atoms with E-state index >= 15 is 0 Å². The van der Waals surface area contributed by atoms with Crippen LogP contribution in [0.15, 0.2) is 29.2 Å². The highest BCUT2D eigenvalue weighted by Gasteiger charge is 2.30. The first-order valence-corrected chi connectivity index (χ1v) is 8.87. The molecule has 1 aromatic carbocycles. The van der Waals surface area contributed by atoms with Gasteiger partial charge in [-0.05, 0) is 44.4 Å². The van der Waals surface area contributed by atoms with Crippen molar-refractivity contribution in [2.45, 2.75) is 37.6 Å². The fourth-order valence-corrected chi connectivity index (χ4v) is 4.08. The fraction of sp³-hybridized carbons (Fsp3) is 0.533. The van der Waals surface area contributed by atoms with Crippen LogP contribution in [0.3, 0.4) is 0 Å². The number of piperidine rings is 1. The minimum absolute atomic E-state index is 0.0389. The molecule has 1 N–H and O–H groups in total. The molecule has 0 aromatic heterocycles. The van der Waals surface area contributed by atoms with Crippen LogP contribution >= 0.6 is 0 Å². The summed E-state index contributed by atoms with van der Waals surface area (Å²) >= 11 is 0. The molecule has 1 amide bonds. The molecule has 1 aliphatic heterocycles. The number of benzene rings is 1. The number of hydrogen-bond donors (Lipinski definition) is 1. The summed E-state index contributed by atoms with van der Waals surface area (Å²) < 4.78 is 31.5. The van der Waals surface area contributed by atoms with Gasteiger partial charge in [-0.25, -0.2) is 13.2 Å². The predicted octanol–water partition coefficient (Wildman–Crippen LogP) is 1.89. The van der Waals surface area contributed by atoms with Crippen LogP contribution in [0.25, 0.3) is 0 Å². The van der Waals surface area contributed by atoms with Crippen LogP contribution < -0.4 is 5.32 Å². The highest BCUT2D eigenvalue weighted by molar-refractivity contribution is 7.89.